The molecule has 0 saturated carbocycles. The zero-order chi connectivity index (χ0) is 26.8. The van der Waals surface area contributed by atoms with E-state index in [1.807, 2.05) is 60.7 Å². The summed E-state index contributed by atoms with van der Waals surface area (Å²) in [5.41, 5.74) is 5.94. The number of aliphatic imine (C=N–C) groups is 1. The van der Waals surface area contributed by atoms with Crippen LogP contribution < -0.4 is 16.1 Å². The van der Waals surface area contributed by atoms with E-state index in [1.165, 1.54) is 12.4 Å². The molecule has 3 rings (SSSR count). The fourth-order valence-electron chi connectivity index (χ4n) is 3.27. The first kappa shape index (κ1) is 27.6. The molecule has 8 nitrogen and oxygen atoms in total. The van der Waals surface area contributed by atoms with Crippen LogP contribution in [-0.2, 0) is 9.59 Å². The average molecular weight is 563 g/mol. The summed E-state index contributed by atoms with van der Waals surface area (Å²) in [6.07, 6.45) is -1.05. The monoisotopic (exact) mass is 562 g/mol. The molecule has 0 heterocycles. The second-order valence-electron chi connectivity index (χ2n) is 8.19. The number of hydrogen-bond donors (Lipinski definition) is 5. The van der Waals surface area contributed by atoms with Gasteiger partial charge in [-0.1, -0.05) is 39.9 Å². The summed E-state index contributed by atoms with van der Waals surface area (Å²) < 4.78 is 0.973. The molecule has 190 valence electrons. The minimum atomic E-state index is -1.11. The summed E-state index contributed by atoms with van der Waals surface area (Å²) in [5.74, 6) is 5.24. The van der Waals surface area contributed by atoms with Crippen molar-refractivity contribution < 1.29 is 19.9 Å². The van der Waals surface area contributed by atoms with E-state index in [1.54, 1.807) is 19.1 Å². The molecule has 0 fully saturated rings. The summed E-state index contributed by atoms with van der Waals surface area (Å²) in [4.78, 5) is 28.1. The van der Waals surface area contributed by atoms with Crippen molar-refractivity contribution >= 4 is 44.8 Å². The Balaban J connectivity index is 1.57. The van der Waals surface area contributed by atoms with Gasteiger partial charge in [-0.3, -0.25) is 19.8 Å². The van der Waals surface area contributed by atoms with Gasteiger partial charge in [-0.15, -0.1) is 0 Å². The van der Waals surface area contributed by atoms with E-state index in [0.29, 0.717) is 11.4 Å². The van der Waals surface area contributed by atoms with E-state index in [-0.39, 0.29) is 12.5 Å². The van der Waals surface area contributed by atoms with Crippen LogP contribution in [0.4, 0.5) is 11.4 Å². The van der Waals surface area contributed by atoms with Gasteiger partial charge in [0.05, 0.1) is 12.6 Å². The van der Waals surface area contributed by atoms with Crippen molar-refractivity contribution in [3.8, 4) is 11.8 Å². The molecule has 0 aliphatic heterocycles. The lowest BCUT2D eigenvalue weighted by Gasteiger charge is -2.14. The highest BCUT2D eigenvalue weighted by Crippen LogP contribution is 2.14. The fraction of sp³-hybridized carbons (Fsp3) is 0.179. The van der Waals surface area contributed by atoms with Gasteiger partial charge in [-0.2, -0.15) is 0 Å². The summed E-state index contributed by atoms with van der Waals surface area (Å²) in [5, 5.41) is 24.5. The van der Waals surface area contributed by atoms with Gasteiger partial charge < -0.3 is 15.7 Å². The number of carbonyl (C=O) groups excluding carboxylic acids is 2. The number of anilines is 2. The van der Waals surface area contributed by atoms with Crippen molar-refractivity contribution in [1.82, 2.24) is 5.48 Å². The molecule has 0 spiro atoms. The number of hydrogen-bond acceptors (Lipinski definition) is 6. The average Bonchev–Trinajstić information content (AvgIpc) is 2.90. The Bertz CT molecular complexity index is 1310. The number of nitrogens with one attached hydrogen (secondary N) is 3. The number of carbonyl (C=O) groups is 2. The molecule has 0 unspecified atom stereocenters. The second kappa shape index (κ2) is 13.4. The Morgan fingerprint density at radius 1 is 0.919 bits per heavy atom. The minimum Gasteiger partial charge on any atom is -0.391 e. The van der Waals surface area contributed by atoms with E-state index >= 15 is 0 Å². The van der Waals surface area contributed by atoms with Crippen LogP contribution in [-0.4, -0.2) is 46.5 Å². The van der Waals surface area contributed by atoms with Crippen molar-refractivity contribution in [2.24, 2.45) is 4.99 Å². The number of benzene rings is 3. The van der Waals surface area contributed by atoms with E-state index in [0.717, 1.165) is 26.9 Å². The SMILES string of the molecule is CC(=N[C@H](C(=O)NO)[C@@H](C)O)c1ccc(C#Cc2ccc(NC(=O)CNc3ccc(Br)cc3)cc2)cc1. The largest absolute Gasteiger partial charge is 0.391 e. The number of aliphatic hydroxyl groups is 1. The highest BCUT2D eigenvalue weighted by atomic mass is 79.9. The van der Waals surface area contributed by atoms with Crippen molar-refractivity contribution in [2.75, 3.05) is 17.2 Å². The van der Waals surface area contributed by atoms with Crippen molar-refractivity contribution in [1.29, 1.82) is 0 Å². The van der Waals surface area contributed by atoms with E-state index < -0.39 is 18.1 Å². The van der Waals surface area contributed by atoms with Crippen molar-refractivity contribution in [3.63, 3.8) is 0 Å². The smallest absolute Gasteiger partial charge is 0.270 e. The molecule has 0 bridgehead atoms. The first-order valence-electron chi connectivity index (χ1n) is 11.4. The van der Waals surface area contributed by atoms with Crippen LogP contribution in [0.5, 0.6) is 0 Å². The summed E-state index contributed by atoms with van der Waals surface area (Å²) in [7, 11) is 0. The fourth-order valence-corrected chi connectivity index (χ4v) is 3.53. The lowest BCUT2D eigenvalue weighted by Crippen LogP contribution is -2.38. The maximum atomic E-state index is 12.2. The van der Waals surface area contributed by atoms with Crippen LogP contribution in [0, 0.1) is 11.8 Å². The van der Waals surface area contributed by atoms with Crippen LogP contribution in [0.25, 0.3) is 0 Å². The zero-order valence-corrected chi connectivity index (χ0v) is 21.9. The molecule has 0 saturated heterocycles. The Labute approximate surface area is 223 Å². The van der Waals surface area contributed by atoms with Gasteiger partial charge >= 0.3 is 0 Å². The maximum absolute atomic E-state index is 12.2. The zero-order valence-electron chi connectivity index (χ0n) is 20.3. The van der Waals surface area contributed by atoms with Gasteiger partial charge in [-0.25, -0.2) is 5.48 Å². The maximum Gasteiger partial charge on any atom is 0.270 e. The lowest BCUT2D eigenvalue weighted by molar-refractivity contribution is -0.132. The number of nitrogens with zero attached hydrogens (tertiary/aromatic N) is 1. The Morgan fingerprint density at radius 3 is 2.00 bits per heavy atom. The van der Waals surface area contributed by atoms with E-state index in [2.05, 4.69) is 43.4 Å². The Morgan fingerprint density at radius 2 is 1.46 bits per heavy atom. The van der Waals surface area contributed by atoms with E-state index in [9.17, 15) is 14.7 Å². The molecule has 3 aromatic carbocycles. The Hall–Kier alpha value is -3.97. The molecule has 0 aliphatic carbocycles. The van der Waals surface area contributed by atoms with Crippen LogP contribution in [0.3, 0.4) is 0 Å². The minimum absolute atomic E-state index is 0.150. The molecule has 2 amide bonds. The summed E-state index contributed by atoms with van der Waals surface area (Å²) in [6.45, 7) is 3.30. The molecule has 37 heavy (non-hydrogen) atoms. The Kier molecular flexibility index (Phi) is 9.98. The molecule has 9 heteroatoms. The van der Waals surface area contributed by atoms with Gasteiger partial charge in [0, 0.05) is 32.7 Å². The molecule has 2 atom stereocenters. The van der Waals surface area contributed by atoms with Gasteiger partial charge in [0.2, 0.25) is 5.91 Å². The van der Waals surface area contributed by atoms with Crippen molar-refractivity contribution in [2.45, 2.75) is 26.0 Å². The van der Waals surface area contributed by atoms with E-state index in [4.69, 9.17) is 5.21 Å². The van der Waals surface area contributed by atoms with Gasteiger partial charge in [0.15, 0.2) is 6.04 Å². The normalized spacial score (nSPS) is 12.5. The van der Waals surface area contributed by atoms with Crippen molar-refractivity contribution in [3.05, 3.63) is 94.0 Å². The molecular formula is C28H27BrN4O4. The number of halogens is 1. The molecule has 0 radical (unpaired) electrons. The van der Waals surface area contributed by atoms with Gasteiger partial charge in [0.1, 0.15) is 0 Å². The summed E-state index contributed by atoms with van der Waals surface area (Å²) in [6, 6.07) is 21.0. The molecule has 0 aromatic heterocycles. The number of aliphatic hydroxyl groups excluding tert-OH is 1. The highest BCUT2D eigenvalue weighted by molar-refractivity contribution is 9.10. The third-order valence-corrected chi connectivity index (χ3v) is 5.82. The van der Waals surface area contributed by atoms with Crippen LogP contribution >= 0.6 is 15.9 Å². The number of hydroxylamine groups is 1. The van der Waals surface area contributed by atoms with Crippen LogP contribution in [0.15, 0.2) is 82.3 Å². The molecule has 0 aliphatic rings. The highest BCUT2D eigenvalue weighted by Gasteiger charge is 2.22. The molecular weight excluding hydrogens is 536 g/mol. The second-order valence-corrected chi connectivity index (χ2v) is 9.11. The predicted octanol–water partition coefficient (Wildman–Crippen LogP) is 3.96. The predicted molar refractivity (Wildman–Crippen MR) is 148 cm³/mol. The molecule has 3 aromatic rings. The third kappa shape index (κ3) is 8.58. The lowest BCUT2D eigenvalue weighted by atomic mass is 10.1. The number of amides is 2. The third-order valence-electron chi connectivity index (χ3n) is 5.29. The van der Waals surface area contributed by atoms with Crippen LogP contribution in [0.1, 0.15) is 30.5 Å². The summed E-state index contributed by atoms with van der Waals surface area (Å²) >= 11 is 3.38. The topological polar surface area (TPSA) is 123 Å². The first-order valence-corrected chi connectivity index (χ1v) is 12.2. The van der Waals surface area contributed by atoms with Gasteiger partial charge in [-0.05, 0) is 80.1 Å². The van der Waals surface area contributed by atoms with Crippen LogP contribution in [0.2, 0.25) is 0 Å². The quantitative estimate of drug-likeness (QED) is 0.123. The first-order chi connectivity index (χ1) is 17.7. The molecule has 5 N–H and O–H groups in total. The number of rotatable bonds is 8. The van der Waals surface area contributed by atoms with Gasteiger partial charge in [0.25, 0.3) is 5.91 Å². The standard InChI is InChI=1S/C28H27BrN4O4/c1-18(31-27(19(2)34)28(36)33-37)22-9-5-20(6-10-22)3-4-21-7-13-25(14-8-21)32-26(35)17-30-24-15-11-23(29)12-16-24/h5-16,19,27,30,34,37H,17H2,1-2H3,(H,32,35)(H,33,36)/t19-,27+/m1/s1.